The second-order valence-corrected chi connectivity index (χ2v) is 3.16. The van der Waals surface area contributed by atoms with Gasteiger partial charge in [0.1, 0.15) is 6.54 Å². The summed E-state index contributed by atoms with van der Waals surface area (Å²) in [5.74, 6) is 0.929. The Morgan fingerprint density at radius 1 is 1.31 bits per heavy atom. The summed E-state index contributed by atoms with van der Waals surface area (Å²) in [5, 5.41) is 7.14. The van der Waals surface area contributed by atoms with Crippen molar-refractivity contribution in [3.05, 3.63) is 58.1 Å². The molecular weight excluding hydrogens is 206 g/mol. The van der Waals surface area contributed by atoms with Gasteiger partial charge in [-0.15, -0.1) is 0 Å². The first-order valence-electron chi connectivity index (χ1n) is 4.75. The van der Waals surface area contributed by atoms with Crippen LogP contribution in [0.1, 0.15) is 17.3 Å². The van der Waals surface area contributed by atoms with Gasteiger partial charge in [-0.3, -0.25) is 0 Å². The second kappa shape index (κ2) is 4.95. The van der Waals surface area contributed by atoms with Crippen LogP contribution in [0.25, 0.3) is 10.4 Å². The van der Waals surface area contributed by atoms with E-state index in [2.05, 4.69) is 20.2 Å². The first kappa shape index (κ1) is 10.2. The van der Waals surface area contributed by atoms with Crippen molar-refractivity contribution < 1.29 is 4.52 Å². The normalized spacial score (nSPS) is 9.75. The zero-order valence-corrected chi connectivity index (χ0v) is 8.45. The molecule has 0 atom stereocenters. The molecule has 0 aliphatic carbocycles. The molecule has 0 N–H and O–H groups in total. The van der Waals surface area contributed by atoms with Crippen LogP contribution in [-0.2, 0) is 13.0 Å². The molecule has 2 aromatic rings. The van der Waals surface area contributed by atoms with Gasteiger partial charge in [0.25, 0.3) is 0 Å². The van der Waals surface area contributed by atoms with E-state index in [9.17, 15) is 0 Å². The zero-order chi connectivity index (χ0) is 11.2. The lowest BCUT2D eigenvalue weighted by Crippen LogP contribution is -1.90. The van der Waals surface area contributed by atoms with Crippen LogP contribution in [0.5, 0.6) is 0 Å². The van der Waals surface area contributed by atoms with E-state index in [1.807, 2.05) is 30.3 Å². The van der Waals surface area contributed by atoms with Crippen LogP contribution in [0.2, 0.25) is 0 Å². The second-order valence-electron chi connectivity index (χ2n) is 3.16. The molecule has 0 radical (unpaired) electrons. The molecule has 16 heavy (non-hydrogen) atoms. The molecule has 1 heterocycles. The molecule has 0 unspecified atom stereocenters. The highest BCUT2D eigenvalue weighted by Gasteiger charge is 2.05. The fourth-order valence-corrected chi connectivity index (χ4v) is 1.30. The Bertz CT molecular complexity index is 501. The molecular formula is C10H9N5O. The Kier molecular flexibility index (Phi) is 3.15. The van der Waals surface area contributed by atoms with Crippen LogP contribution in [0.3, 0.4) is 0 Å². The number of azide groups is 1. The van der Waals surface area contributed by atoms with E-state index in [-0.39, 0.29) is 6.54 Å². The van der Waals surface area contributed by atoms with Gasteiger partial charge in [0, 0.05) is 11.3 Å². The summed E-state index contributed by atoms with van der Waals surface area (Å²) < 4.78 is 4.91. The summed E-state index contributed by atoms with van der Waals surface area (Å²) >= 11 is 0. The van der Waals surface area contributed by atoms with Gasteiger partial charge in [-0.1, -0.05) is 40.6 Å². The fraction of sp³-hybridized carbons (Fsp3) is 0.200. The first-order chi connectivity index (χ1) is 7.88. The lowest BCUT2D eigenvalue weighted by Gasteiger charge is -1.93. The van der Waals surface area contributed by atoms with Crippen molar-refractivity contribution in [2.45, 2.75) is 13.0 Å². The van der Waals surface area contributed by atoms with Crippen LogP contribution in [0.15, 0.2) is 40.0 Å². The number of hydrogen-bond donors (Lipinski definition) is 0. The van der Waals surface area contributed by atoms with E-state index in [0.717, 1.165) is 5.56 Å². The molecule has 1 aromatic carbocycles. The molecule has 0 spiro atoms. The third-order valence-electron chi connectivity index (χ3n) is 1.98. The smallest absolute Gasteiger partial charge is 0.232 e. The summed E-state index contributed by atoms with van der Waals surface area (Å²) in [6, 6.07) is 9.84. The van der Waals surface area contributed by atoms with E-state index in [4.69, 9.17) is 10.1 Å². The summed E-state index contributed by atoms with van der Waals surface area (Å²) in [4.78, 5) is 6.72. The monoisotopic (exact) mass is 215 g/mol. The predicted molar refractivity (Wildman–Crippen MR) is 56.4 cm³/mol. The lowest BCUT2D eigenvalue weighted by atomic mass is 10.1. The maximum Gasteiger partial charge on any atom is 0.232 e. The summed E-state index contributed by atoms with van der Waals surface area (Å²) in [7, 11) is 0. The zero-order valence-electron chi connectivity index (χ0n) is 8.45. The van der Waals surface area contributed by atoms with Gasteiger partial charge < -0.3 is 4.52 Å². The molecule has 1 aromatic heterocycles. The topological polar surface area (TPSA) is 87.7 Å². The van der Waals surface area contributed by atoms with Crippen molar-refractivity contribution in [1.82, 2.24) is 10.1 Å². The van der Waals surface area contributed by atoms with E-state index < -0.39 is 0 Å². The fourth-order valence-electron chi connectivity index (χ4n) is 1.30. The largest absolute Gasteiger partial charge is 0.339 e. The average molecular weight is 215 g/mol. The molecule has 0 bridgehead atoms. The van der Waals surface area contributed by atoms with E-state index in [1.54, 1.807) is 0 Å². The molecule has 80 valence electrons. The highest BCUT2D eigenvalue weighted by atomic mass is 16.5. The van der Waals surface area contributed by atoms with Gasteiger partial charge >= 0.3 is 0 Å². The van der Waals surface area contributed by atoms with Crippen molar-refractivity contribution in [2.24, 2.45) is 5.11 Å². The van der Waals surface area contributed by atoms with Gasteiger partial charge in [-0.05, 0) is 11.1 Å². The van der Waals surface area contributed by atoms with Crippen molar-refractivity contribution >= 4 is 0 Å². The number of rotatable bonds is 4. The molecule has 0 saturated carbocycles. The molecule has 6 nitrogen and oxygen atoms in total. The number of aromatic nitrogens is 2. The molecule has 0 amide bonds. The minimum atomic E-state index is 0.0955. The van der Waals surface area contributed by atoms with Crippen LogP contribution in [0.4, 0.5) is 0 Å². The molecule has 0 fully saturated rings. The van der Waals surface area contributed by atoms with Crippen LogP contribution in [-0.4, -0.2) is 10.1 Å². The maximum atomic E-state index is 8.14. The van der Waals surface area contributed by atoms with E-state index in [1.165, 1.54) is 0 Å². The number of hydrogen-bond acceptors (Lipinski definition) is 4. The molecule has 6 heteroatoms. The van der Waals surface area contributed by atoms with E-state index >= 15 is 0 Å². The lowest BCUT2D eigenvalue weighted by molar-refractivity contribution is 0.375. The predicted octanol–water partition coefficient (Wildman–Crippen LogP) is 2.47. The third kappa shape index (κ3) is 2.59. The standard InChI is InChI=1S/C10H9N5O/c11-15-12-7-10-13-9(14-16-10)6-8-4-2-1-3-5-8/h1-5H,6-7H2. The average Bonchev–Trinajstić information content (AvgIpc) is 2.75. The van der Waals surface area contributed by atoms with Crippen molar-refractivity contribution in [3.8, 4) is 0 Å². The molecule has 2 rings (SSSR count). The van der Waals surface area contributed by atoms with Gasteiger partial charge in [0.05, 0.1) is 0 Å². The van der Waals surface area contributed by atoms with Gasteiger partial charge in [-0.25, -0.2) is 0 Å². The summed E-state index contributed by atoms with van der Waals surface area (Å²) in [6.07, 6.45) is 0.612. The van der Waals surface area contributed by atoms with Crippen molar-refractivity contribution in [3.63, 3.8) is 0 Å². The Labute approximate surface area is 91.5 Å². The van der Waals surface area contributed by atoms with E-state index in [0.29, 0.717) is 18.1 Å². The molecule has 0 aliphatic heterocycles. The maximum absolute atomic E-state index is 8.14. The van der Waals surface area contributed by atoms with Crippen molar-refractivity contribution in [1.29, 1.82) is 0 Å². The van der Waals surface area contributed by atoms with Gasteiger partial charge in [-0.2, -0.15) is 4.98 Å². The Morgan fingerprint density at radius 3 is 2.88 bits per heavy atom. The highest BCUT2D eigenvalue weighted by molar-refractivity contribution is 5.18. The summed E-state index contributed by atoms with van der Waals surface area (Å²) in [5.41, 5.74) is 9.25. The summed E-state index contributed by atoms with van der Waals surface area (Å²) in [6.45, 7) is 0.0955. The van der Waals surface area contributed by atoms with Crippen LogP contribution in [0, 0.1) is 0 Å². The quantitative estimate of drug-likeness (QED) is 0.445. The van der Waals surface area contributed by atoms with Gasteiger partial charge in [0.2, 0.25) is 5.89 Å². The minimum Gasteiger partial charge on any atom is -0.339 e. The Hall–Kier alpha value is -2.33. The SMILES string of the molecule is [N-]=[N+]=NCc1nc(Cc2ccccc2)no1. The van der Waals surface area contributed by atoms with Crippen LogP contribution >= 0.6 is 0 Å². The van der Waals surface area contributed by atoms with Gasteiger partial charge in [0.15, 0.2) is 5.82 Å². The third-order valence-corrected chi connectivity index (χ3v) is 1.98. The molecule has 0 saturated heterocycles. The Morgan fingerprint density at radius 2 is 2.12 bits per heavy atom. The minimum absolute atomic E-state index is 0.0955. The highest BCUT2D eigenvalue weighted by Crippen LogP contribution is 2.06. The first-order valence-corrected chi connectivity index (χ1v) is 4.75. The Balaban J connectivity index is 2.05. The molecule has 0 aliphatic rings. The van der Waals surface area contributed by atoms with Crippen LogP contribution < -0.4 is 0 Å². The van der Waals surface area contributed by atoms with Crippen molar-refractivity contribution in [2.75, 3.05) is 0 Å². The number of nitrogens with zero attached hydrogens (tertiary/aromatic N) is 5. The number of benzene rings is 1.